The number of imidazole rings is 1. The van der Waals surface area contributed by atoms with Crippen LogP contribution in [0.5, 0.6) is 0 Å². The summed E-state index contributed by atoms with van der Waals surface area (Å²) >= 11 is 0. The zero-order chi connectivity index (χ0) is 16.4. The van der Waals surface area contributed by atoms with Gasteiger partial charge in [0.15, 0.2) is 0 Å². The lowest BCUT2D eigenvalue weighted by atomic mass is 9.96. The van der Waals surface area contributed by atoms with Crippen molar-refractivity contribution in [2.24, 2.45) is 0 Å². The van der Waals surface area contributed by atoms with Crippen molar-refractivity contribution >= 4 is 11.6 Å². The molecule has 0 saturated heterocycles. The van der Waals surface area contributed by atoms with Gasteiger partial charge in [-0.15, -0.1) is 0 Å². The maximum atomic E-state index is 12.4. The van der Waals surface area contributed by atoms with E-state index in [1.807, 2.05) is 55.6 Å². The van der Waals surface area contributed by atoms with Crippen LogP contribution < -0.4 is 5.32 Å². The van der Waals surface area contributed by atoms with Crippen molar-refractivity contribution in [3.8, 4) is 0 Å². The van der Waals surface area contributed by atoms with Gasteiger partial charge in [-0.3, -0.25) is 9.20 Å². The summed E-state index contributed by atoms with van der Waals surface area (Å²) in [6.07, 6.45) is 3.41. The molecule has 1 amide bonds. The van der Waals surface area contributed by atoms with Crippen LogP contribution in [0.1, 0.15) is 28.5 Å². The lowest BCUT2D eigenvalue weighted by Gasteiger charge is -2.24. The molecule has 3 rings (SSSR count). The van der Waals surface area contributed by atoms with Crippen molar-refractivity contribution < 1.29 is 9.90 Å². The van der Waals surface area contributed by atoms with Gasteiger partial charge in [0.2, 0.25) is 0 Å². The molecule has 0 fully saturated rings. The summed E-state index contributed by atoms with van der Waals surface area (Å²) in [5.74, 6) is -0.265. The van der Waals surface area contributed by atoms with Crippen LogP contribution >= 0.6 is 0 Å². The number of nitrogens with one attached hydrogen (secondary N) is 1. The van der Waals surface area contributed by atoms with Crippen LogP contribution in [0.25, 0.3) is 5.65 Å². The molecule has 5 heteroatoms. The van der Waals surface area contributed by atoms with Crippen LogP contribution in [0.15, 0.2) is 54.9 Å². The van der Waals surface area contributed by atoms with E-state index < -0.39 is 5.60 Å². The van der Waals surface area contributed by atoms with Crippen LogP contribution in [-0.2, 0) is 5.60 Å². The Balaban J connectivity index is 1.77. The molecule has 1 atom stereocenters. The van der Waals surface area contributed by atoms with Gasteiger partial charge in [-0.1, -0.05) is 36.4 Å². The smallest absolute Gasteiger partial charge is 0.270 e. The molecule has 1 unspecified atom stereocenters. The number of hydrogen-bond acceptors (Lipinski definition) is 3. The summed E-state index contributed by atoms with van der Waals surface area (Å²) in [7, 11) is 0. The van der Waals surface area contributed by atoms with Gasteiger partial charge in [-0.25, -0.2) is 4.98 Å². The van der Waals surface area contributed by atoms with E-state index in [1.165, 1.54) is 0 Å². The average Bonchev–Trinajstić information content (AvgIpc) is 2.96. The van der Waals surface area contributed by atoms with E-state index in [4.69, 9.17) is 0 Å². The van der Waals surface area contributed by atoms with E-state index in [0.717, 1.165) is 16.8 Å². The Kier molecular flexibility index (Phi) is 3.88. The molecule has 5 nitrogen and oxygen atoms in total. The third-order valence-corrected chi connectivity index (χ3v) is 3.87. The number of carbonyl (C=O) groups is 1. The van der Waals surface area contributed by atoms with Gasteiger partial charge in [0.25, 0.3) is 5.91 Å². The molecule has 2 heterocycles. The van der Waals surface area contributed by atoms with Crippen molar-refractivity contribution in [3.05, 3.63) is 71.7 Å². The first-order valence-electron chi connectivity index (χ1n) is 7.47. The first kappa shape index (κ1) is 15.2. The Hall–Kier alpha value is -2.66. The van der Waals surface area contributed by atoms with Gasteiger partial charge in [0, 0.05) is 6.20 Å². The highest BCUT2D eigenvalue weighted by Gasteiger charge is 2.24. The molecule has 118 valence electrons. The molecule has 0 aliphatic carbocycles. The molecule has 0 bridgehead atoms. The van der Waals surface area contributed by atoms with Crippen LogP contribution in [0.2, 0.25) is 0 Å². The molecule has 1 aromatic carbocycles. The lowest BCUT2D eigenvalue weighted by Crippen LogP contribution is -2.38. The predicted molar refractivity (Wildman–Crippen MR) is 88.3 cm³/mol. The van der Waals surface area contributed by atoms with Crippen molar-refractivity contribution in [2.45, 2.75) is 19.4 Å². The van der Waals surface area contributed by atoms with Crippen molar-refractivity contribution in [2.75, 3.05) is 6.54 Å². The number of carbonyl (C=O) groups excluding carboxylic acids is 1. The Morgan fingerprint density at radius 2 is 2.00 bits per heavy atom. The van der Waals surface area contributed by atoms with Crippen molar-refractivity contribution in [1.29, 1.82) is 0 Å². The molecular formula is C18H19N3O2. The summed E-state index contributed by atoms with van der Waals surface area (Å²) in [6.45, 7) is 3.76. The van der Waals surface area contributed by atoms with Crippen LogP contribution in [0.3, 0.4) is 0 Å². The fourth-order valence-corrected chi connectivity index (χ4v) is 2.50. The maximum absolute atomic E-state index is 12.4. The summed E-state index contributed by atoms with van der Waals surface area (Å²) < 4.78 is 1.75. The van der Waals surface area contributed by atoms with Crippen molar-refractivity contribution in [1.82, 2.24) is 14.7 Å². The van der Waals surface area contributed by atoms with Crippen LogP contribution in [-0.4, -0.2) is 26.9 Å². The number of hydrogen-bond donors (Lipinski definition) is 2. The number of aliphatic hydroxyl groups is 1. The number of amides is 1. The van der Waals surface area contributed by atoms with Gasteiger partial charge in [0.05, 0.1) is 12.7 Å². The number of aromatic nitrogens is 2. The summed E-state index contributed by atoms with van der Waals surface area (Å²) in [5.41, 5.74) is 1.84. The highest BCUT2D eigenvalue weighted by atomic mass is 16.3. The third-order valence-electron chi connectivity index (χ3n) is 3.87. The Labute approximate surface area is 134 Å². The van der Waals surface area contributed by atoms with Gasteiger partial charge in [-0.05, 0) is 31.0 Å². The number of fused-ring (bicyclic) bond motifs is 1. The van der Waals surface area contributed by atoms with E-state index in [1.54, 1.807) is 17.5 Å². The number of rotatable bonds is 4. The average molecular weight is 309 g/mol. The second-order valence-electron chi connectivity index (χ2n) is 5.90. The molecule has 0 radical (unpaired) electrons. The van der Waals surface area contributed by atoms with E-state index in [-0.39, 0.29) is 12.5 Å². The third kappa shape index (κ3) is 3.10. The van der Waals surface area contributed by atoms with Gasteiger partial charge >= 0.3 is 0 Å². The highest BCUT2D eigenvalue weighted by Crippen LogP contribution is 2.19. The standard InChI is InChI=1S/C18H19N3O2/c1-13-8-9-16-19-10-15(21(16)11-13)17(22)20-12-18(2,23)14-6-4-3-5-7-14/h3-11,23H,12H2,1-2H3,(H,20,22). The fourth-order valence-electron chi connectivity index (χ4n) is 2.50. The predicted octanol–water partition coefficient (Wildman–Crippen LogP) is 2.28. The quantitative estimate of drug-likeness (QED) is 0.777. The molecule has 23 heavy (non-hydrogen) atoms. The normalized spacial score (nSPS) is 13.7. The van der Waals surface area contributed by atoms with Crippen LogP contribution in [0.4, 0.5) is 0 Å². The number of nitrogens with zero attached hydrogens (tertiary/aromatic N) is 2. The van der Waals surface area contributed by atoms with Crippen LogP contribution in [0, 0.1) is 6.92 Å². The molecule has 2 N–H and O–H groups in total. The molecule has 0 spiro atoms. The molecule has 3 aromatic rings. The first-order valence-corrected chi connectivity index (χ1v) is 7.47. The molecular weight excluding hydrogens is 290 g/mol. The SMILES string of the molecule is Cc1ccc2ncc(C(=O)NCC(C)(O)c3ccccc3)n2c1. The summed E-state index contributed by atoms with van der Waals surface area (Å²) in [5, 5.41) is 13.3. The van der Waals surface area contributed by atoms with Gasteiger partial charge < -0.3 is 10.4 Å². The minimum Gasteiger partial charge on any atom is -0.384 e. The zero-order valence-electron chi connectivity index (χ0n) is 13.2. The summed E-state index contributed by atoms with van der Waals surface area (Å²) in [6, 6.07) is 13.1. The first-order chi connectivity index (χ1) is 11.0. The monoisotopic (exact) mass is 309 g/mol. The number of benzene rings is 1. The Bertz CT molecular complexity index is 838. The maximum Gasteiger partial charge on any atom is 0.270 e. The fraction of sp³-hybridized carbons (Fsp3) is 0.222. The van der Waals surface area contributed by atoms with E-state index in [0.29, 0.717) is 5.69 Å². The van der Waals surface area contributed by atoms with E-state index in [2.05, 4.69) is 10.3 Å². The number of aryl methyl sites for hydroxylation is 1. The van der Waals surface area contributed by atoms with Gasteiger partial charge in [0.1, 0.15) is 16.9 Å². The van der Waals surface area contributed by atoms with E-state index in [9.17, 15) is 9.90 Å². The minimum absolute atomic E-state index is 0.120. The van der Waals surface area contributed by atoms with Gasteiger partial charge in [-0.2, -0.15) is 0 Å². The van der Waals surface area contributed by atoms with E-state index >= 15 is 0 Å². The minimum atomic E-state index is -1.13. The largest absolute Gasteiger partial charge is 0.384 e. The molecule has 0 aliphatic heterocycles. The van der Waals surface area contributed by atoms with Crippen molar-refractivity contribution in [3.63, 3.8) is 0 Å². The number of pyridine rings is 1. The lowest BCUT2D eigenvalue weighted by molar-refractivity contribution is 0.0525. The molecule has 0 aliphatic rings. The summed E-state index contributed by atoms with van der Waals surface area (Å²) in [4.78, 5) is 16.6. The zero-order valence-corrected chi connectivity index (χ0v) is 13.2. The second kappa shape index (κ2) is 5.85. The molecule has 0 saturated carbocycles. The highest BCUT2D eigenvalue weighted by molar-refractivity contribution is 5.93. The molecule has 2 aromatic heterocycles. The topological polar surface area (TPSA) is 66.6 Å². The second-order valence-corrected chi connectivity index (χ2v) is 5.90. The Morgan fingerprint density at radius 1 is 1.26 bits per heavy atom. The Morgan fingerprint density at radius 3 is 2.74 bits per heavy atom.